The second kappa shape index (κ2) is 5.75. The fourth-order valence-electron chi connectivity index (χ4n) is 1.64. The van der Waals surface area contributed by atoms with Gasteiger partial charge in [-0.2, -0.15) is 0 Å². The predicted molar refractivity (Wildman–Crippen MR) is 69.2 cm³/mol. The van der Waals surface area contributed by atoms with Crippen molar-refractivity contribution in [2.24, 2.45) is 0 Å². The van der Waals surface area contributed by atoms with Crippen molar-refractivity contribution in [2.75, 3.05) is 17.7 Å². The minimum absolute atomic E-state index is 0.755. The summed E-state index contributed by atoms with van der Waals surface area (Å²) in [5.41, 5.74) is 2.08. The van der Waals surface area contributed by atoms with Gasteiger partial charge >= 0.3 is 0 Å². The summed E-state index contributed by atoms with van der Waals surface area (Å²) < 4.78 is 0. The van der Waals surface area contributed by atoms with Gasteiger partial charge in [-0.05, 0) is 25.0 Å². The second-order valence-corrected chi connectivity index (χ2v) is 4.16. The van der Waals surface area contributed by atoms with Crippen LogP contribution in [0.5, 0.6) is 0 Å². The zero-order valence-electron chi connectivity index (χ0n) is 9.17. The van der Waals surface area contributed by atoms with Crippen LogP contribution in [0.4, 0.5) is 5.95 Å². The molecule has 86 valence electrons. The van der Waals surface area contributed by atoms with Crippen molar-refractivity contribution >= 4 is 28.6 Å². The Morgan fingerprint density at radius 1 is 1.19 bits per heavy atom. The van der Waals surface area contributed by atoms with E-state index in [1.165, 1.54) is 0 Å². The van der Waals surface area contributed by atoms with Crippen LogP contribution in [-0.4, -0.2) is 22.4 Å². The Balaban J connectivity index is 1.85. The molecule has 0 saturated heterocycles. The number of alkyl halides is 1. The molecule has 4 heteroatoms. The Hall–Kier alpha value is -1.22. The molecule has 16 heavy (non-hydrogen) atoms. The van der Waals surface area contributed by atoms with Crippen LogP contribution in [0.2, 0.25) is 0 Å². The first-order valence-corrected chi connectivity index (χ1v) is 6.18. The van der Waals surface area contributed by atoms with Crippen LogP contribution in [-0.2, 0) is 0 Å². The minimum Gasteiger partial charge on any atom is -0.356 e. The van der Waals surface area contributed by atoms with E-state index in [9.17, 15) is 0 Å². The van der Waals surface area contributed by atoms with E-state index in [1.807, 2.05) is 24.3 Å². The molecule has 1 heterocycles. The van der Waals surface area contributed by atoms with Gasteiger partial charge in [-0.25, -0.2) is 4.98 Å². The summed E-state index contributed by atoms with van der Waals surface area (Å²) in [5.74, 6) is 1.61. The highest BCUT2D eigenvalue weighted by atomic mass is 35.5. The molecule has 0 radical (unpaired) electrons. The number of imidazole rings is 1. The predicted octanol–water partition coefficient (Wildman–Crippen LogP) is 3.38. The third-order valence-electron chi connectivity index (χ3n) is 2.49. The van der Waals surface area contributed by atoms with Crippen molar-refractivity contribution < 1.29 is 0 Å². The summed E-state index contributed by atoms with van der Waals surface area (Å²) in [6, 6.07) is 8.03. The summed E-state index contributed by atoms with van der Waals surface area (Å²) in [6.07, 6.45) is 3.38. The number of rotatable bonds is 6. The molecule has 0 saturated carbocycles. The van der Waals surface area contributed by atoms with Crippen molar-refractivity contribution in [3.8, 4) is 0 Å². The standard InChI is InChI=1S/C12H16ClN3/c13-8-4-1-5-9-14-12-15-10-6-2-3-7-11(10)16-12/h2-3,6-7H,1,4-5,8-9H2,(H2,14,15,16). The van der Waals surface area contributed by atoms with Gasteiger partial charge in [0, 0.05) is 12.4 Å². The molecule has 0 aliphatic carbocycles. The van der Waals surface area contributed by atoms with Gasteiger partial charge in [0.05, 0.1) is 11.0 Å². The van der Waals surface area contributed by atoms with Crippen LogP contribution in [0.25, 0.3) is 11.0 Å². The quantitative estimate of drug-likeness (QED) is 0.597. The topological polar surface area (TPSA) is 40.7 Å². The first kappa shape index (κ1) is 11.3. The first-order valence-electron chi connectivity index (χ1n) is 5.65. The molecular formula is C12H16ClN3. The van der Waals surface area contributed by atoms with Gasteiger partial charge in [0.2, 0.25) is 5.95 Å². The van der Waals surface area contributed by atoms with Gasteiger partial charge in [0.1, 0.15) is 0 Å². The zero-order chi connectivity index (χ0) is 11.2. The summed E-state index contributed by atoms with van der Waals surface area (Å²) in [4.78, 5) is 7.68. The maximum absolute atomic E-state index is 5.61. The van der Waals surface area contributed by atoms with Crippen LogP contribution in [0, 0.1) is 0 Å². The molecule has 1 aromatic carbocycles. The van der Waals surface area contributed by atoms with Gasteiger partial charge in [0.25, 0.3) is 0 Å². The number of aromatic amines is 1. The van der Waals surface area contributed by atoms with Crippen molar-refractivity contribution in [3.63, 3.8) is 0 Å². The molecule has 0 spiro atoms. The van der Waals surface area contributed by atoms with Crippen molar-refractivity contribution in [1.82, 2.24) is 9.97 Å². The lowest BCUT2D eigenvalue weighted by Crippen LogP contribution is -2.02. The number of halogens is 1. The number of H-pyrrole nitrogens is 1. The Bertz CT molecular complexity index is 406. The van der Waals surface area contributed by atoms with E-state index < -0.39 is 0 Å². The number of hydrogen-bond acceptors (Lipinski definition) is 2. The zero-order valence-corrected chi connectivity index (χ0v) is 9.93. The molecule has 0 amide bonds. The normalized spacial score (nSPS) is 10.8. The largest absolute Gasteiger partial charge is 0.356 e. The SMILES string of the molecule is ClCCCCCNc1nc2ccccc2[nH]1. The van der Waals surface area contributed by atoms with E-state index in [-0.39, 0.29) is 0 Å². The summed E-state index contributed by atoms with van der Waals surface area (Å²) in [5, 5.41) is 3.28. The maximum atomic E-state index is 5.61. The molecule has 0 aliphatic heterocycles. The maximum Gasteiger partial charge on any atom is 0.201 e. The molecule has 3 nitrogen and oxygen atoms in total. The average Bonchev–Trinajstić information content (AvgIpc) is 2.71. The smallest absolute Gasteiger partial charge is 0.201 e. The summed E-state index contributed by atoms with van der Waals surface area (Å²) >= 11 is 5.61. The number of aromatic nitrogens is 2. The Kier molecular flexibility index (Phi) is 4.05. The van der Waals surface area contributed by atoms with Crippen LogP contribution in [0.3, 0.4) is 0 Å². The lowest BCUT2D eigenvalue weighted by molar-refractivity contribution is 0.745. The van der Waals surface area contributed by atoms with Gasteiger partial charge in [-0.1, -0.05) is 18.6 Å². The van der Waals surface area contributed by atoms with E-state index in [1.54, 1.807) is 0 Å². The molecule has 1 aromatic heterocycles. The summed E-state index contributed by atoms with van der Waals surface area (Å²) in [6.45, 7) is 0.941. The number of unbranched alkanes of at least 4 members (excludes halogenated alkanes) is 2. The van der Waals surface area contributed by atoms with E-state index in [0.717, 1.165) is 48.7 Å². The Morgan fingerprint density at radius 3 is 2.88 bits per heavy atom. The molecule has 0 aliphatic rings. The lowest BCUT2D eigenvalue weighted by atomic mass is 10.2. The van der Waals surface area contributed by atoms with Gasteiger partial charge in [0.15, 0.2) is 0 Å². The Morgan fingerprint density at radius 2 is 2.06 bits per heavy atom. The van der Waals surface area contributed by atoms with Gasteiger partial charge < -0.3 is 10.3 Å². The highest BCUT2D eigenvalue weighted by Crippen LogP contribution is 2.13. The number of para-hydroxylation sites is 2. The third-order valence-corrected chi connectivity index (χ3v) is 2.76. The number of nitrogens with zero attached hydrogens (tertiary/aromatic N) is 1. The fraction of sp³-hybridized carbons (Fsp3) is 0.417. The third kappa shape index (κ3) is 2.89. The molecule has 0 bridgehead atoms. The molecule has 0 fully saturated rings. The molecule has 0 atom stereocenters. The minimum atomic E-state index is 0.755. The summed E-state index contributed by atoms with van der Waals surface area (Å²) in [7, 11) is 0. The molecule has 2 N–H and O–H groups in total. The second-order valence-electron chi connectivity index (χ2n) is 3.78. The van der Waals surface area contributed by atoms with Gasteiger partial charge in [-0.15, -0.1) is 11.6 Å². The lowest BCUT2D eigenvalue weighted by Gasteiger charge is -2.01. The van der Waals surface area contributed by atoms with Crippen LogP contribution >= 0.6 is 11.6 Å². The molecule has 2 aromatic rings. The van der Waals surface area contributed by atoms with Crippen LogP contribution < -0.4 is 5.32 Å². The van der Waals surface area contributed by atoms with Crippen molar-refractivity contribution in [2.45, 2.75) is 19.3 Å². The van der Waals surface area contributed by atoms with Crippen LogP contribution in [0.1, 0.15) is 19.3 Å². The number of nitrogens with one attached hydrogen (secondary N) is 2. The van der Waals surface area contributed by atoms with E-state index in [4.69, 9.17) is 11.6 Å². The van der Waals surface area contributed by atoms with E-state index >= 15 is 0 Å². The number of hydrogen-bond donors (Lipinski definition) is 2. The monoisotopic (exact) mass is 237 g/mol. The van der Waals surface area contributed by atoms with E-state index in [2.05, 4.69) is 15.3 Å². The molecule has 2 rings (SSSR count). The van der Waals surface area contributed by atoms with E-state index in [0.29, 0.717) is 0 Å². The van der Waals surface area contributed by atoms with Gasteiger partial charge in [-0.3, -0.25) is 0 Å². The van der Waals surface area contributed by atoms with Crippen molar-refractivity contribution in [1.29, 1.82) is 0 Å². The molecule has 0 unspecified atom stereocenters. The highest BCUT2D eigenvalue weighted by Gasteiger charge is 1.99. The number of fused-ring (bicyclic) bond motifs is 1. The molecular weight excluding hydrogens is 222 g/mol. The van der Waals surface area contributed by atoms with Crippen molar-refractivity contribution in [3.05, 3.63) is 24.3 Å². The first-order chi connectivity index (χ1) is 7.90. The number of benzene rings is 1. The van der Waals surface area contributed by atoms with Crippen LogP contribution in [0.15, 0.2) is 24.3 Å². The fourth-order valence-corrected chi connectivity index (χ4v) is 1.83. The highest BCUT2D eigenvalue weighted by molar-refractivity contribution is 6.17. The Labute approximate surface area is 100 Å². The number of anilines is 1. The average molecular weight is 238 g/mol.